The zero-order chi connectivity index (χ0) is 13.0. The van der Waals surface area contributed by atoms with Crippen LogP contribution in [-0.4, -0.2) is 42.3 Å². The lowest BCUT2D eigenvalue weighted by Gasteiger charge is -2.17. The van der Waals surface area contributed by atoms with Gasteiger partial charge in [0.15, 0.2) is 0 Å². The molecule has 0 bridgehead atoms. The van der Waals surface area contributed by atoms with Gasteiger partial charge in [-0.15, -0.1) is 0 Å². The van der Waals surface area contributed by atoms with Crippen molar-refractivity contribution in [2.75, 3.05) is 25.1 Å². The van der Waals surface area contributed by atoms with Crippen LogP contribution in [0.15, 0.2) is 12.4 Å². The first-order valence-electron chi connectivity index (χ1n) is 6.51. The average molecular weight is 250 g/mol. The van der Waals surface area contributed by atoms with Crippen LogP contribution >= 0.6 is 0 Å². The largest absolute Gasteiger partial charge is 0.380 e. The summed E-state index contributed by atoms with van der Waals surface area (Å²) in [4.78, 5) is 11.1. The molecule has 1 saturated heterocycles. The van der Waals surface area contributed by atoms with Crippen molar-refractivity contribution in [3.05, 3.63) is 18.1 Å². The molecule has 18 heavy (non-hydrogen) atoms. The summed E-state index contributed by atoms with van der Waals surface area (Å²) in [6.07, 6.45) is 5.10. The van der Waals surface area contributed by atoms with Gasteiger partial charge in [0.25, 0.3) is 0 Å². The van der Waals surface area contributed by atoms with E-state index in [1.165, 1.54) is 0 Å². The Balaban J connectivity index is 1.91. The van der Waals surface area contributed by atoms with Crippen molar-refractivity contribution in [1.29, 1.82) is 0 Å². The van der Waals surface area contributed by atoms with Crippen molar-refractivity contribution >= 4 is 5.82 Å². The summed E-state index contributed by atoms with van der Waals surface area (Å²) in [5, 5.41) is 3.33. The van der Waals surface area contributed by atoms with Crippen molar-refractivity contribution < 1.29 is 4.74 Å². The Morgan fingerprint density at radius 3 is 2.83 bits per heavy atom. The summed E-state index contributed by atoms with van der Waals surface area (Å²) in [6, 6.07) is 0.465. The number of methoxy groups -OCH3 is 1. The first-order chi connectivity index (χ1) is 8.69. The number of hydrogen-bond donors (Lipinski definition) is 1. The van der Waals surface area contributed by atoms with Crippen LogP contribution in [0.4, 0.5) is 5.82 Å². The third-order valence-corrected chi connectivity index (χ3v) is 3.19. The molecule has 0 amide bonds. The maximum Gasteiger partial charge on any atom is 0.147 e. The van der Waals surface area contributed by atoms with Gasteiger partial charge in [0.2, 0.25) is 0 Å². The molecule has 1 aromatic heterocycles. The standard InChI is InChI=1S/C13H22N4O/c1-10(2)14-6-11-7-16-13(8-15-11)17-5-4-12(9-17)18-3/h7-8,10,12,14H,4-6,9H2,1-3H3. The van der Waals surface area contributed by atoms with E-state index in [9.17, 15) is 0 Å². The quantitative estimate of drug-likeness (QED) is 0.851. The number of nitrogens with one attached hydrogen (secondary N) is 1. The molecule has 1 N–H and O–H groups in total. The van der Waals surface area contributed by atoms with Crippen LogP contribution in [0.1, 0.15) is 26.0 Å². The van der Waals surface area contributed by atoms with Gasteiger partial charge in [0.1, 0.15) is 5.82 Å². The Kier molecular flexibility index (Phi) is 4.49. The highest BCUT2D eigenvalue weighted by atomic mass is 16.5. The number of nitrogens with zero attached hydrogens (tertiary/aromatic N) is 3. The molecule has 0 saturated carbocycles. The maximum absolute atomic E-state index is 5.35. The third kappa shape index (κ3) is 3.40. The van der Waals surface area contributed by atoms with Gasteiger partial charge in [0.05, 0.1) is 24.2 Å². The van der Waals surface area contributed by atoms with Gasteiger partial charge in [-0.3, -0.25) is 4.98 Å². The highest BCUT2D eigenvalue weighted by molar-refractivity contribution is 5.37. The number of aromatic nitrogens is 2. The van der Waals surface area contributed by atoms with Crippen LogP contribution in [0.2, 0.25) is 0 Å². The van der Waals surface area contributed by atoms with Crippen LogP contribution < -0.4 is 10.2 Å². The lowest BCUT2D eigenvalue weighted by atomic mass is 10.3. The molecule has 1 aromatic rings. The summed E-state index contributed by atoms with van der Waals surface area (Å²) in [7, 11) is 1.76. The van der Waals surface area contributed by atoms with Gasteiger partial charge < -0.3 is 15.0 Å². The summed E-state index contributed by atoms with van der Waals surface area (Å²) < 4.78 is 5.35. The van der Waals surface area contributed by atoms with Crippen molar-refractivity contribution in [2.45, 2.75) is 39.0 Å². The number of ether oxygens (including phenoxy) is 1. The normalized spacial score (nSPS) is 19.8. The van der Waals surface area contributed by atoms with Gasteiger partial charge in [-0.25, -0.2) is 4.98 Å². The van der Waals surface area contributed by atoms with E-state index in [-0.39, 0.29) is 0 Å². The molecule has 5 heteroatoms. The lowest BCUT2D eigenvalue weighted by Crippen LogP contribution is -2.24. The molecule has 100 valence electrons. The average Bonchev–Trinajstić information content (AvgIpc) is 2.85. The third-order valence-electron chi connectivity index (χ3n) is 3.19. The monoisotopic (exact) mass is 250 g/mol. The van der Waals surface area contributed by atoms with Crippen LogP contribution in [0.25, 0.3) is 0 Å². The molecule has 1 aliphatic rings. The van der Waals surface area contributed by atoms with E-state index in [4.69, 9.17) is 4.74 Å². The molecule has 0 spiro atoms. The lowest BCUT2D eigenvalue weighted by molar-refractivity contribution is 0.121. The molecule has 1 unspecified atom stereocenters. The summed E-state index contributed by atoms with van der Waals surface area (Å²) in [5.74, 6) is 0.947. The molecule has 2 rings (SSSR count). The van der Waals surface area contributed by atoms with Crippen molar-refractivity contribution in [3.63, 3.8) is 0 Å². The van der Waals surface area contributed by atoms with Gasteiger partial charge >= 0.3 is 0 Å². The fourth-order valence-electron chi connectivity index (χ4n) is 2.04. The van der Waals surface area contributed by atoms with E-state index in [1.54, 1.807) is 7.11 Å². The van der Waals surface area contributed by atoms with E-state index in [0.717, 1.165) is 37.6 Å². The van der Waals surface area contributed by atoms with E-state index >= 15 is 0 Å². The van der Waals surface area contributed by atoms with Gasteiger partial charge in [-0.1, -0.05) is 13.8 Å². The van der Waals surface area contributed by atoms with E-state index < -0.39 is 0 Å². The number of anilines is 1. The zero-order valence-electron chi connectivity index (χ0n) is 11.4. The molecule has 1 fully saturated rings. The Morgan fingerprint density at radius 1 is 1.44 bits per heavy atom. The Morgan fingerprint density at radius 2 is 2.28 bits per heavy atom. The summed E-state index contributed by atoms with van der Waals surface area (Å²) >= 11 is 0. The van der Waals surface area contributed by atoms with Crippen molar-refractivity contribution in [3.8, 4) is 0 Å². The number of rotatable bonds is 5. The molecule has 1 atom stereocenters. The molecular formula is C13H22N4O. The minimum atomic E-state index is 0.328. The van der Waals surface area contributed by atoms with Crippen molar-refractivity contribution in [1.82, 2.24) is 15.3 Å². The van der Waals surface area contributed by atoms with Gasteiger partial charge in [0, 0.05) is 32.8 Å². The Bertz CT molecular complexity index is 366. The fraction of sp³-hybridized carbons (Fsp3) is 0.692. The Hall–Kier alpha value is -1.20. The molecule has 0 aromatic carbocycles. The second kappa shape index (κ2) is 6.11. The van der Waals surface area contributed by atoms with E-state index in [2.05, 4.69) is 34.0 Å². The van der Waals surface area contributed by atoms with Crippen molar-refractivity contribution in [2.24, 2.45) is 0 Å². The predicted octanol–water partition coefficient (Wildman–Crippen LogP) is 1.20. The zero-order valence-corrected chi connectivity index (χ0v) is 11.4. The second-order valence-electron chi connectivity index (χ2n) is 4.99. The smallest absolute Gasteiger partial charge is 0.147 e. The first kappa shape index (κ1) is 13.2. The van der Waals surface area contributed by atoms with Gasteiger partial charge in [-0.2, -0.15) is 0 Å². The maximum atomic E-state index is 5.35. The van der Waals surface area contributed by atoms with Gasteiger partial charge in [-0.05, 0) is 6.42 Å². The van der Waals surface area contributed by atoms with Crippen LogP contribution in [0.5, 0.6) is 0 Å². The molecule has 0 aliphatic carbocycles. The van der Waals surface area contributed by atoms with E-state index in [1.807, 2.05) is 12.4 Å². The first-order valence-corrected chi connectivity index (χ1v) is 6.51. The SMILES string of the molecule is COC1CCN(c2cnc(CNC(C)C)cn2)C1. The molecule has 0 radical (unpaired) electrons. The molecular weight excluding hydrogens is 228 g/mol. The van der Waals surface area contributed by atoms with Crippen LogP contribution in [0, 0.1) is 0 Å². The molecule has 2 heterocycles. The summed E-state index contributed by atoms with van der Waals surface area (Å²) in [5.41, 5.74) is 0.981. The summed E-state index contributed by atoms with van der Waals surface area (Å²) in [6.45, 7) is 6.92. The van der Waals surface area contributed by atoms with Crippen LogP contribution in [0.3, 0.4) is 0 Å². The minimum absolute atomic E-state index is 0.328. The van der Waals surface area contributed by atoms with Crippen LogP contribution in [-0.2, 0) is 11.3 Å². The predicted molar refractivity (Wildman–Crippen MR) is 71.6 cm³/mol. The Labute approximate surface area is 109 Å². The highest BCUT2D eigenvalue weighted by Gasteiger charge is 2.23. The molecule has 5 nitrogen and oxygen atoms in total. The molecule has 1 aliphatic heterocycles. The minimum Gasteiger partial charge on any atom is -0.380 e. The fourth-order valence-corrected chi connectivity index (χ4v) is 2.04. The van der Waals surface area contributed by atoms with E-state index in [0.29, 0.717) is 12.1 Å². The highest BCUT2D eigenvalue weighted by Crippen LogP contribution is 2.18. The second-order valence-corrected chi connectivity index (χ2v) is 4.99. The topological polar surface area (TPSA) is 50.3 Å². The number of hydrogen-bond acceptors (Lipinski definition) is 5.